The number of hydrogen-bond donors (Lipinski definition) is 0. The molecule has 0 aliphatic carbocycles. The van der Waals surface area contributed by atoms with Crippen LogP contribution in [0.1, 0.15) is 39.5 Å². The molecule has 58 valence electrons. The standard InChI is InChI=1S/C10H18/c1-3-5-7-9-10-8-6-4-2/h5,7-8,10H,3-4,6,9H2,1-2H3/b7-5+,10-8-. The molecular weight excluding hydrogens is 120 g/mol. The van der Waals surface area contributed by atoms with Crippen molar-refractivity contribution in [2.24, 2.45) is 0 Å². The Morgan fingerprint density at radius 3 is 2.20 bits per heavy atom. The Morgan fingerprint density at radius 1 is 0.900 bits per heavy atom. The zero-order chi connectivity index (χ0) is 7.66. The van der Waals surface area contributed by atoms with E-state index in [-0.39, 0.29) is 0 Å². The van der Waals surface area contributed by atoms with Gasteiger partial charge in [0.15, 0.2) is 0 Å². The number of rotatable bonds is 5. The maximum atomic E-state index is 2.25. The maximum Gasteiger partial charge on any atom is -0.0169 e. The highest BCUT2D eigenvalue weighted by atomic mass is 13.8. The van der Waals surface area contributed by atoms with Crippen molar-refractivity contribution in [3.05, 3.63) is 24.3 Å². The van der Waals surface area contributed by atoms with Crippen LogP contribution in [0.4, 0.5) is 0 Å². The predicted octanol–water partition coefficient (Wildman–Crippen LogP) is 3.70. The second-order valence-electron chi connectivity index (χ2n) is 2.38. The first-order chi connectivity index (χ1) is 4.91. The molecule has 0 aromatic heterocycles. The maximum absolute atomic E-state index is 2.25. The van der Waals surface area contributed by atoms with E-state index in [1.165, 1.54) is 12.8 Å². The van der Waals surface area contributed by atoms with Crippen LogP contribution >= 0.6 is 0 Å². The fourth-order valence-electron chi connectivity index (χ4n) is 0.722. The molecule has 0 aliphatic rings. The van der Waals surface area contributed by atoms with Crippen LogP contribution in [0, 0.1) is 0 Å². The Hall–Kier alpha value is -0.520. The van der Waals surface area contributed by atoms with Crippen molar-refractivity contribution in [3.8, 4) is 0 Å². The molecule has 0 aromatic rings. The van der Waals surface area contributed by atoms with Crippen LogP contribution in [-0.2, 0) is 0 Å². The minimum Gasteiger partial charge on any atom is -0.0885 e. The van der Waals surface area contributed by atoms with Crippen molar-refractivity contribution in [3.63, 3.8) is 0 Å². The summed E-state index contributed by atoms with van der Waals surface area (Å²) in [6.07, 6.45) is 13.6. The fraction of sp³-hybridized carbons (Fsp3) is 0.600. The molecule has 0 saturated carbocycles. The molecule has 0 bridgehead atoms. The highest BCUT2D eigenvalue weighted by molar-refractivity contribution is 4.91. The lowest BCUT2D eigenvalue weighted by Crippen LogP contribution is -1.62. The lowest BCUT2D eigenvalue weighted by molar-refractivity contribution is 0.954. The monoisotopic (exact) mass is 138 g/mol. The highest BCUT2D eigenvalue weighted by Crippen LogP contribution is 1.92. The summed E-state index contributed by atoms with van der Waals surface area (Å²) < 4.78 is 0. The van der Waals surface area contributed by atoms with E-state index in [1.807, 2.05) is 0 Å². The van der Waals surface area contributed by atoms with Gasteiger partial charge >= 0.3 is 0 Å². The van der Waals surface area contributed by atoms with Crippen molar-refractivity contribution in [1.82, 2.24) is 0 Å². The van der Waals surface area contributed by atoms with Crippen LogP contribution in [-0.4, -0.2) is 0 Å². The largest absolute Gasteiger partial charge is 0.0885 e. The average Bonchev–Trinajstić information content (AvgIpc) is 1.97. The summed E-state index contributed by atoms with van der Waals surface area (Å²) in [5.41, 5.74) is 0. The molecule has 0 nitrogen and oxygen atoms in total. The molecule has 10 heavy (non-hydrogen) atoms. The second kappa shape index (κ2) is 8.48. The van der Waals surface area contributed by atoms with Gasteiger partial charge in [0.05, 0.1) is 0 Å². The van der Waals surface area contributed by atoms with Crippen molar-refractivity contribution in [2.45, 2.75) is 39.5 Å². The molecule has 0 aromatic carbocycles. The van der Waals surface area contributed by atoms with Crippen molar-refractivity contribution < 1.29 is 0 Å². The first-order valence-electron chi connectivity index (χ1n) is 4.21. The quantitative estimate of drug-likeness (QED) is 0.508. The van der Waals surface area contributed by atoms with E-state index in [1.54, 1.807) is 0 Å². The number of unbranched alkanes of at least 4 members (excludes halogenated alkanes) is 1. The van der Waals surface area contributed by atoms with Crippen molar-refractivity contribution >= 4 is 0 Å². The minimum absolute atomic E-state index is 1.10. The third-order valence-electron chi connectivity index (χ3n) is 1.30. The molecule has 0 rings (SSSR count). The second-order valence-corrected chi connectivity index (χ2v) is 2.38. The Balaban J connectivity index is 3.09. The fourth-order valence-corrected chi connectivity index (χ4v) is 0.722. The van der Waals surface area contributed by atoms with E-state index in [0.717, 1.165) is 12.8 Å². The van der Waals surface area contributed by atoms with Gasteiger partial charge in [-0.2, -0.15) is 0 Å². The SMILES string of the molecule is CC/C=C/C/C=C\CCC. The summed E-state index contributed by atoms with van der Waals surface area (Å²) in [7, 11) is 0. The van der Waals surface area contributed by atoms with Crippen molar-refractivity contribution in [2.75, 3.05) is 0 Å². The van der Waals surface area contributed by atoms with E-state index < -0.39 is 0 Å². The lowest BCUT2D eigenvalue weighted by atomic mass is 10.2. The van der Waals surface area contributed by atoms with Crippen LogP contribution in [0.5, 0.6) is 0 Å². The Morgan fingerprint density at radius 2 is 1.60 bits per heavy atom. The molecule has 0 N–H and O–H groups in total. The van der Waals surface area contributed by atoms with E-state index in [9.17, 15) is 0 Å². The van der Waals surface area contributed by atoms with Crippen molar-refractivity contribution in [1.29, 1.82) is 0 Å². The van der Waals surface area contributed by atoms with Gasteiger partial charge in [-0.25, -0.2) is 0 Å². The zero-order valence-corrected chi connectivity index (χ0v) is 7.14. The molecule has 0 heteroatoms. The van der Waals surface area contributed by atoms with Gasteiger partial charge in [-0.1, -0.05) is 44.6 Å². The molecule has 0 amide bonds. The molecule has 0 heterocycles. The zero-order valence-electron chi connectivity index (χ0n) is 7.14. The van der Waals surface area contributed by atoms with E-state index in [2.05, 4.69) is 38.2 Å². The molecule has 0 unspecified atom stereocenters. The predicted molar refractivity (Wildman–Crippen MR) is 48.1 cm³/mol. The summed E-state index contributed by atoms with van der Waals surface area (Å²) in [4.78, 5) is 0. The van der Waals surface area contributed by atoms with Gasteiger partial charge < -0.3 is 0 Å². The van der Waals surface area contributed by atoms with Gasteiger partial charge in [0, 0.05) is 0 Å². The average molecular weight is 138 g/mol. The summed E-state index contributed by atoms with van der Waals surface area (Å²) in [6, 6.07) is 0. The molecule has 0 saturated heterocycles. The Labute approximate surface area is 64.6 Å². The lowest BCUT2D eigenvalue weighted by Gasteiger charge is -1.83. The normalized spacial score (nSPS) is 11.8. The van der Waals surface area contributed by atoms with Crippen LogP contribution in [0.3, 0.4) is 0 Å². The molecule has 0 spiro atoms. The summed E-state index contributed by atoms with van der Waals surface area (Å²) >= 11 is 0. The smallest absolute Gasteiger partial charge is 0.0169 e. The van der Waals surface area contributed by atoms with Gasteiger partial charge in [0.2, 0.25) is 0 Å². The van der Waals surface area contributed by atoms with E-state index in [4.69, 9.17) is 0 Å². The number of hydrogen-bond acceptors (Lipinski definition) is 0. The molecular formula is C10H18. The first kappa shape index (κ1) is 9.48. The van der Waals surface area contributed by atoms with Crippen LogP contribution < -0.4 is 0 Å². The van der Waals surface area contributed by atoms with E-state index >= 15 is 0 Å². The Bertz CT molecular complexity index is 98.6. The minimum atomic E-state index is 1.10. The third kappa shape index (κ3) is 7.48. The highest BCUT2D eigenvalue weighted by Gasteiger charge is 1.71. The van der Waals surface area contributed by atoms with Gasteiger partial charge in [-0.3, -0.25) is 0 Å². The Kier molecular flexibility index (Phi) is 8.04. The molecule has 0 radical (unpaired) electrons. The van der Waals surface area contributed by atoms with Crippen LogP contribution in [0.25, 0.3) is 0 Å². The number of allylic oxidation sites excluding steroid dienone is 4. The van der Waals surface area contributed by atoms with Gasteiger partial charge in [0.1, 0.15) is 0 Å². The van der Waals surface area contributed by atoms with Crippen LogP contribution in [0.2, 0.25) is 0 Å². The summed E-state index contributed by atoms with van der Waals surface area (Å²) in [5, 5.41) is 0. The summed E-state index contributed by atoms with van der Waals surface area (Å²) in [6.45, 7) is 4.36. The molecule has 0 aliphatic heterocycles. The molecule has 0 fully saturated rings. The molecule has 0 atom stereocenters. The van der Waals surface area contributed by atoms with E-state index in [0.29, 0.717) is 0 Å². The van der Waals surface area contributed by atoms with Crippen LogP contribution in [0.15, 0.2) is 24.3 Å². The third-order valence-corrected chi connectivity index (χ3v) is 1.30. The van der Waals surface area contributed by atoms with Gasteiger partial charge in [-0.05, 0) is 19.3 Å². The first-order valence-corrected chi connectivity index (χ1v) is 4.21. The van der Waals surface area contributed by atoms with Gasteiger partial charge in [0.25, 0.3) is 0 Å². The van der Waals surface area contributed by atoms with Gasteiger partial charge in [-0.15, -0.1) is 0 Å². The topological polar surface area (TPSA) is 0 Å². The summed E-state index contributed by atoms with van der Waals surface area (Å²) in [5.74, 6) is 0.